The van der Waals surface area contributed by atoms with Crippen LogP contribution in [0.15, 0.2) is 18.2 Å². The topological polar surface area (TPSA) is 61.4 Å². The van der Waals surface area contributed by atoms with E-state index in [0.717, 1.165) is 5.56 Å². The molecule has 0 saturated carbocycles. The summed E-state index contributed by atoms with van der Waals surface area (Å²) in [6, 6.07) is 5.13. The highest BCUT2D eigenvalue weighted by molar-refractivity contribution is 6.31. The van der Waals surface area contributed by atoms with Crippen LogP contribution in [0.25, 0.3) is 0 Å². The first-order valence-corrected chi connectivity index (χ1v) is 3.98. The summed E-state index contributed by atoms with van der Waals surface area (Å²) >= 11 is 5.78. The van der Waals surface area contributed by atoms with Gasteiger partial charge in [-0.05, 0) is 30.7 Å². The van der Waals surface area contributed by atoms with E-state index in [1.165, 1.54) is 0 Å². The van der Waals surface area contributed by atoms with Crippen molar-refractivity contribution < 1.29 is 9.90 Å². The molecule has 1 rings (SSSR count). The fourth-order valence-corrected chi connectivity index (χ4v) is 0.966. The number of nitrogens with one attached hydrogen (secondary N) is 2. The van der Waals surface area contributed by atoms with Gasteiger partial charge in [0, 0.05) is 5.02 Å². The molecule has 0 aliphatic heterocycles. The van der Waals surface area contributed by atoms with Crippen LogP contribution < -0.4 is 10.9 Å². The Morgan fingerprint density at radius 1 is 1.54 bits per heavy atom. The van der Waals surface area contributed by atoms with E-state index in [1.54, 1.807) is 18.2 Å². The zero-order valence-corrected chi connectivity index (χ0v) is 7.72. The molecule has 0 aliphatic carbocycles. The summed E-state index contributed by atoms with van der Waals surface area (Å²) in [6.45, 7) is 1.84. The quantitative estimate of drug-likeness (QED) is 0.642. The summed E-state index contributed by atoms with van der Waals surface area (Å²) in [5, 5.41) is 8.95. The number of hydrogen-bond acceptors (Lipinski definition) is 2. The summed E-state index contributed by atoms with van der Waals surface area (Å²) < 4.78 is 0. The predicted octanol–water partition coefficient (Wildman–Crippen LogP) is 2.24. The van der Waals surface area contributed by atoms with Crippen LogP contribution in [-0.4, -0.2) is 11.2 Å². The van der Waals surface area contributed by atoms with Gasteiger partial charge >= 0.3 is 6.09 Å². The zero-order chi connectivity index (χ0) is 9.84. The molecule has 3 N–H and O–H groups in total. The van der Waals surface area contributed by atoms with E-state index in [4.69, 9.17) is 16.7 Å². The normalized spacial score (nSPS) is 9.38. The van der Waals surface area contributed by atoms with Crippen molar-refractivity contribution in [2.45, 2.75) is 6.92 Å². The highest BCUT2D eigenvalue weighted by Crippen LogP contribution is 2.18. The van der Waals surface area contributed by atoms with Crippen LogP contribution in [0.4, 0.5) is 10.5 Å². The molecule has 0 spiro atoms. The first-order valence-electron chi connectivity index (χ1n) is 3.60. The van der Waals surface area contributed by atoms with E-state index in [-0.39, 0.29) is 0 Å². The van der Waals surface area contributed by atoms with Gasteiger partial charge in [0.25, 0.3) is 0 Å². The zero-order valence-electron chi connectivity index (χ0n) is 6.97. The molecule has 4 nitrogen and oxygen atoms in total. The summed E-state index contributed by atoms with van der Waals surface area (Å²) in [4.78, 5) is 10.1. The second kappa shape index (κ2) is 4.00. The molecule has 0 heterocycles. The Kier molecular flexibility index (Phi) is 2.97. The minimum absolute atomic E-state index is 0.654. The van der Waals surface area contributed by atoms with Crippen molar-refractivity contribution in [3.8, 4) is 0 Å². The average molecular weight is 201 g/mol. The van der Waals surface area contributed by atoms with Crippen LogP contribution >= 0.6 is 11.6 Å². The fourth-order valence-electron chi connectivity index (χ4n) is 0.848. The van der Waals surface area contributed by atoms with Gasteiger partial charge in [-0.25, -0.2) is 10.2 Å². The number of rotatable bonds is 2. The van der Waals surface area contributed by atoms with Crippen molar-refractivity contribution in [2.75, 3.05) is 5.43 Å². The summed E-state index contributed by atoms with van der Waals surface area (Å²) in [5.41, 5.74) is 6.08. The standard InChI is InChI=1S/C8H9ClN2O2/c1-5-4-6(2-3-7(5)9)10-11-8(12)13/h2-4,10-11H,1H3,(H,12,13). The Hall–Kier alpha value is -1.42. The van der Waals surface area contributed by atoms with Crippen LogP contribution in [-0.2, 0) is 0 Å². The molecule has 1 aromatic rings. The molecule has 0 bridgehead atoms. The number of hydrazine groups is 1. The monoisotopic (exact) mass is 200 g/mol. The van der Waals surface area contributed by atoms with Crippen molar-refractivity contribution in [2.24, 2.45) is 0 Å². The number of halogens is 1. The van der Waals surface area contributed by atoms with Gasteiger partial charge in [-0.15, -0.1) is 0 Å². The molecule has 0 atom stereocenters. The molecule has 0 aliphatic rings. The maximum atomic E-state index is 10.1. The molecule has 1 amide bonds. The van der Waals surface area contributed by atoms with E-state index in [1.807, 2.05) is 12.3 Å². The Balaban J connectivity index is 2.68. The van der Waals surface area contributed by atoms with E-state index < -0.39 is 6.09 Å². The maximum absolute atomic E-state index is 10.1. The molecule has 13 heavy (non-hydrogen) atoms. The van der Waals surface area contributed by atoms with Gasteiger partial charge < -0.3 is 5.11 Å². The van der Waals surface area contributed by atoms with Crippen LogP contribution in [0, 0.1) is 6.92 Å². The molecule has 0 unspecified atom stereocenters. The van der Waals surface area contributed by atoms with E-state index in [2.05, 4.69) is 5.43 Å². The minimum Gasteiger partial charge on any atom is -0.464 e. The number of benzene rings is 1. The molecule has 0 radical (unpaired) electrons. The highest BCUT2D eigenvalue weighted by Gasteiger charge is 1.97. The average Bonchev–Trinajstić information content (AvgIpc) is 2.07. The third kappa shape index (κ3) is 2.83. The Labute approximate surface area is 80.5 Å². The minimum atomic E-state index is -1.13. The summed E-state index contributed by atoms with van der Waals surface area (Å²) in [5.74, 6) is 0. The van der Waals surface area contributed by atoms with Crippen LogP contribution in [0.2, 0.25) is 5.02 Å². The first kappa shape index (κ1) is 9.67. The molecule has 5 heteroatoms. The maximum Gasteiger partial charge on any atom is 0.423 e. The number of carboxylic acid groups (broad SMARTS) is 1. The number of carbonyl (C=O) groups is 1. The summed E-state index contributed by atoms with van der Waals surface area (Å²) in [7, 11) is 0. The van der Waals surface area contributed by atoms with Crippen LogP contribution in [0.1, 0.15) is 5.56 Å². The predicted molar refractivity (Wildman–Crippen MR) is 51.0 cm³/mol. The van der Waals surface area contributed by atoms with Crippen molar-refractivity contribution >= 4 is 23.4 Å². The van der Waals surface area contributed by atoms with Gasteiger partial charge in [-0.2, -0.15) is 0 Å². The van der Waals surface area contributed by atoms with Crippen molar-refractivity contribution in [3.05, 3.63) is 28.8 Å². The Morgan fingerprint density at radius 3 is 2.77 bits per heavy atom. The second-order valence-corrected chi connectivity index (χ2v) is 2.93. The van der Waals surface area contributed by atoms with Crippen molar-refractivity contribution in [1.82, 2.24) is 5.43 Å². The lowest BCUT2D eigenvalue weighted by Crippen LogP contribution is -2.27. The molecular formula is C8H9ClN2O2. The molecule has 70 valence electrons. The van der Waals surface area contributed by atoms with Crippen LogP contribution in [0.5, 0.6) is 0 Å². The fraction of sp³-hybridized carbons (Fsp3) is 0.125. The lowest BCUT2D eigenvalue weighted by Gasteiger charge is -2.06. The van der Waals surface area contributed by atoms with E-state index in [0.29, 0.717) is 10.7 Å². The summed E-state index contributed by atoms with van der Waals surface area (Å²) in [6.07, 6.45) is -1.13. The Morgan fingerprint density at radius 2 is 2.23 bits per heavy atom. The SMILES string of the molecule is Cc1cc(NNC(=O)O)ccc1Cl. The smallest absolute Gasteiger partial charge is 0.423 e. The number of amides is 1. The third-order valence-electron chi connectivity index (χ3n) is 1.47. The molecule has 0 aromatic heterocycles. The largest absolute Gasteiger partial charge is 0.464 e. The Bertz CT molecular complexity index is 328. The van der Waals surface area contributed by atoms with Crippen molar-refractivity contribution in [1.29, 1.82) is 0 Å². The van der Waals surface area contributed by atoms with Crippen molar-refractivity contribution in [3.63, 3.8) is 0 Å². The third-order valence-corrected chi connectivity index (χ3v) is 1.90. The van der Waals surface area contributed by atoms with Gasteiger partial charge in [0.15, 0.2) is 0 Å². The number of aryl methyl sites for hydroxylation is 1. The van der Waals surface area contributed by atoms with E-state index in [9.17, 15) is 4.79 Å². The number of hydrogen-bond donors (Lipinski definition) is 3. The molecular weight excluding hydrogens is 192 g/mol. The van der Waals surface area contributed by atoms with Gasteiger partial charge in [0.1, 0.15) is 0 Å². The molecule has 0 saturated heterocycles. The van der Waals surface area contributed by atoms with Crippen LogP contribution in [0.3, 0.4) is 0 Å². The van der Waals surface area contributed by atoms with Gasteiger partial charge in [-0.1, -0.05) is 11.6 Å². The number of anilines is 1. The van der Waals surface area contributed by atoms with Gasteiger partial charge in [-0.3, -0.25) is 5.43 Å². The molecule has 0 fully saturated rings. The lowest BCUT2D eigenvalue weighted by molar-refractivity contribution is 0.197. The lowest BCUT2D eigenvalue weighted by atomic mass is 10.2. The molecule has 1 aromatic carbocycles. The van der Waals surface area contributed by atoms with E-state index >= 15 is 0 Å². The second-order valence-electron chi connectivity index (χ2n) is 2.52. The van der Waals surface area contributed by atoms with Gasteiger partial charge in [0.05, 0.1) is 5.69 Å². The highest BCUT2D eigenvalue weighted by atomic mass is 35.5. The van der Waals surface area contributed by atoms with Gasteiger partial charge in [0.2, 0.25) is 0 Å². The first-order chi connectivity index (χ1) is 6.09.